The molecule has 3 aromatic rings. The summed E-state index contributed by atoms with van der Waals surface area (Å²) < 4.78 is 42.3. The Morgan fingerprint density at radius 1 is 0.970 bits per heavy atom. The first kappa shape index (κ1) is 24.5. The Labute approximate surface area is 195 Å². The van der Waals surface area contributed by atoms with Crippen molar-refractivity contribution in [2.45, 2.75) is 45.1 Å². The van der Waals surface area contributed by atoms with Gasteiger partial charge in [-0.1, -0.05) is 55.0 Å². The first-order valence-corrected chi connectivity index (χ1v) is 12.3. The van der Waals surface area contributed by atoms with Gasteiger partial charge in [0, 0.05) is 0 Å². The molecular weight excluding hydrogens is 439 g/mol. The van der Waals surface area contributed by atoms with E-state index in [1.807, 2.05) is 45.9 Å². The van der Waals surface area contributed by atoms with Crippen LogP contribution < -0.4 is 9.62 Å². The average Bonchev–Trinajstić information content (AvgIpc) is 2.78. The number of amides is 1. The van der Waals surface area contributed by atoms with Gasteiger partial charge < -0.3 is 5.32 Å². The van der Waals surface area contributed by atoms with E-state index in [0.717, 1.165) is 26.6 Å². The van der Waals surface area contributed by atoms with Crippen LogP contribution in [0.4, 0.5) is 10.1 Å². The Morgan fingerprint density at radius 2 is 1.64 bits per heavy atom. The van der Waals surface area contributed by atoms with Crippen LogP contribution in [0.25, 0.3) is 0 Å². The highest BCUT2D eigenvalue weighted by molar-refractivity contribution is 7.92. The normalized spacial score (nSPS) is 12.3. The van der Waals surface area contributed by atoms with Crippen molar-refractivity contribution in [3.63, 3.8) is 0 Å². The largest absolute Gasteiger partial charge is 0.348 e. The molecule has 0 bridgehead atoms. The number of nitrogens with one attached hydrogen (secondary N) is 1. The molecule has 3 aromatic carbocycles. The van der Waals surface area contributed by atoms with Crippen molar-refractivity contribution >= 4 is 21.6 Å². The van der Waals surface area contributed by atoms with Gasteiger partial charge in [-0.2, -0.15) is 0 Å². The Hall–Kier alpha value is -3.19. The first-order chi connectivity index (χ1) is 15.6. The number of para-hydroxylation sites is 1. The van der Waals surface area contributed by atoms with Gasteiger partial charge in [0.05, 0.1) is 16.6 Å². The summed E-state index contributed by atoms with van der Waals surface area (Å²) in [6.07, 6.45) is 0.624. The highest BCUT2D eigenvalue weighted by atomic mass is 32.2. The van der Waals surface area contributed by atoms with E-state index >= 15 is 0 Å². The molecule has 3 rings (SSSR count). The van der Waals surface area contributed by atoms with Crippen LogP contribution in [0.5, 0.6) is 0 Å². The molecule has 0 aromatic heterocycles. The molecule has 0 radical (unpaired) electrons. The highest BCUT2D eigenvalue weighted by Gasteiger charge is 2.29. The second kappa shape index (κ2) is 10.2. The number of carbonyl (C=O) groups is 1. The molecule has 0 saturated heterocycles. The summed E-state index contributed by atoms with van der Waals surface area (Å²) in [6, 6.07) is 17.5. The van der Waals surface area contributed by atoms with Gasteiger partial charge in [-0.15, -0.1) is 0 Å². The fourth-order valence-corrected chi connectivity index (χ4v) is 4.99. The molecule has 0 spiro atoms. The second-order valence-corrected chi connectivity index (χ2v) is 10.0. The molecule has 0 fully saturated rings. The van der Waals surface area contributed by atoms with Crippen molar-refractivity contribution in [1.82, 2.24) is 5.32 Å². The minimum absolute atomic E-state index is 0.00893. The number of benzene rings is 3. The van der Waals surface area contributed by atoms with Gasteiger partial charge in [0.1, 0.15) is 12.4 Å². The fourth-order valence-electron chi connectivity index (χ4n) is 3.56. The standard InChI is InChI=1S/C26H29FN2O3S/c1-5-24(21-13-12-19(3)20(4)16-21)28-26(30)17-29(25-9-7-6-8-23(25)27)33(31,32)22-14-10-18(2)11-15-22/h6-16,24H,5,17H2,1-4H3,(H,28,30). The van der Waals surface area contributed by atoms with Crippen LogP contribution in [0, 0.1) is 26.6 Å². The van der Waals surface area contributed by atoms with Crippen molar-refractivity contribution in [2.24, 2.45) is 0 Å². The van der Waals surface area contributed by atoms with Crippen molar-refractivity contribution in [1.29, 1.82) is 0 Å². The van der Waals surface area contributed by atoms with E-state index < -0.39 is 28.3 Å². The summed E-state index contributed by atoms with van der Waals surface area (Å²) in [5, 5.41) is 2.91. The van der Waals surface area contributed by atoms with Gasteiger partial charge in [0.25, 0.3) is 10.0 Å². The molecular formula is C26H29FN2O3S. The number of nitrogens with zero attached hydrogens (tertiary/aromatic N) is 1. The number of anilines is 1. The van der Waals surface area contributed by atoms with E-state index in [9.17, 15) is 17.6 Å². The average molecular weight is 469 g/mol. The van der Waals surface area contributed by atoms with Crippen molar-refractivity contribution in [2.75, 3.05) is 10.8 Å². The number of rotatable bonds is 8. The monoisotopic (exact) mass is 468 g/mol. The molecule has 5 nitrogen and oxygen atoms in total. The third-order valence-electron chi connectivity index (χ3n) is 5.69. The maximum atomic E-state index is 14.6. The summed E-state index contributed by atoms with van der Waals surface area (Å²) in [7, 11) is -4.18. The minimum Gasteiger partial charge on any atom is -0.348 e. The Balaban J connectivity index is 1.93. The smallest absolute Gasteiger partial charge is 0.264 e. The number of aryl methyl sites for hydroxylation is 3. The van der Waals surface area contributed by atoms with E-state index in [1.54, 1.807) is 12.1 Å². The molecule has 0 aliphatic carbocycles. The molecule has 0 aliphatic rings. The van der Waals surface area contributed by atoms with Crippen LogP contribution in [0.15, 0.2) is 71.6 Å². The second-order valence-electron chi connectivity index (χ2n) is 8.15. The van der Waals surface area contributed by atoms with Crippen LogP contribution >= 0.6 is 0 Å². The minimum atomic E-state index is -4.18. The molecule has 33 heavy (non-hydrogen) atoms. The number of sulfonamides is 1. The summed E-state index contributed by atoms with van der Waals surface area (Å²) in [5.41, 5.74) is 3.91. The van der Waals surface area contributed by atoms with E-state index in [2.05, 4.69) is 5.32 Å². The predicted molar refractivity (Wildman–Crippen MR) is 129 cm³/mol. The molecule has 1 atom stereocenters. The number of carbonyl (C=O) groups excluding carboxylic acids is 1. The number of halogens is 1. The van der Waals surface area contributed by atoms with Gasteiger partial charge in [-0.25, -0.2) is 12.8 Å². The van der Waals surface area contributed by atoms with E-state index in [4.69, 9.17) is 0 Å². The fraction of sp³-hybridized carbons (Fsp3) is 0.269. The maximum Gasteiger partial charge on any atom is 0.264 e. The molecule has 1 amide bonds. The molecule has 0 aliphatic heterocycles. The zero-order valence-electron chi connectivity index (χ0n) is 19.3. The van der Waals surface area contributed by atoms with Crippen LogP contribution in [0.1, 0.15) is 41.6 Å². The van der Waals surface area contributed by atoms with Gasteiger partial charge >= 0.3 is 0 Å². The molecule has 0 heterocycles. The van der Waals surface area contributed by atoms with Gasteiger partial charge in [0.15, 0.2) is 0 Å². The van der Waals surface area contributed by atoms with E-state index in [0.29, 0.717) is 6.42 Å². The summed E-state index contributed by atoms with van der Waals surface area (Å²) in [4.78, 5) is 13.0. The lowest BCUT2D eigenvalue weighted by molar-refractivity contribution is -0.120. The van der Waals surface area contributed by atoms with Gasteiger partial charge in [-0.3, -0.25) is 9.10 Å². The lowest BCUT2D eigenvalue weighted by atomic mass is 9.99. The van der Waals surface area contributed by atoms with Crippen molar-refractivity contribution in [3.8, 4) is 0 Å². The Kier molecular flexibility index (Phi) is 7.53. The number of hydrogen-bond acceptors (Lipinski definition) is 3. The summed E-state index contributed by atoms with van der Waals surface area (Å²) in [6.45, 7) is 7.26. The van der Waals surface area contributed by atoms with Crippen LogP contribution in [0.3, 0.4) is 0 Å². The lowest BCUT2D eigenvalue weighted by Gasteiger charge is -2.26. The van der Waals surface area contributed by atoms with Crippen molar-refractivity contribution < 1.29 is 17.6 Å². The molecule has 0 saturated carbocycles. The Bertz CT molecular complexity index is 1240. The lowest BCUT2D eigenvalue weighted by Crippen LogP contribution is -2.42. The molecule has 7 heteroatoms. The number of hydrogen-bond donors (Lipinski definition) is 1. The predicted octanol–water partition coefficient (Wildman–Crippen LogP) is 5.21. The van der Waals surface area contributed by atoms with Crippen LogP contribution in [-0.2, 0) is 14.8 Å². The quantitative estimate of drug-likeness (QED) is 0.493. The third kappa shape index (κ3) is 5.60. The topological polar surface area (TPSA) is 66.5 Å². The van der Waals surface area contributed by atoms with Crippen LogP contribution in [-0.4, -0.2) is 20.9 Å². The van der Waals surface area contributed by atoms with Crippen molar-refractivity contribution in [3.05, 3.63) is 94.8 Å². The van der Waals surface area contributed by atoms with Crippen LogP contribution in [0.2, 0.25) is 0 Å². The summed E-state index contributed by atoms with van der Waals surface area (Å²) in [5.74, 6) is -1.23. The van der Waals surface area contributed by atoms with E-state index in [1.165, 1.54) is 36.4 Å². The molecule has 1 N–H and O–H groups in total. The molecule has 174 valence electrons. The van der Waals surface area contributed by atoms with E-state index in [-0.39, 0.29) is 16.6 Å². The summed E-state index contributed by atoms with van der Waals surface area (Å²) >= 11 is 0. The first-order valence-electron chi connectivity index (χ1n) is 10.8. The zero-order chi connectivity index (χ0) is 24.2. The van der Waals surface area contributed by atoms with Gasteiger partial charge in [0.2, 0.25) is 5.91 Å². The molecule has 1 unspecified atom stereocenters. The maximum absolute atomic E-state index is 14.6. The third-order valence-corrected chi connectivity index (χ3v) is 7.47. The Morgan fingerprint density at radius 3 is 2.24 bits per heavy atom. The van der Waals surface area contributed by atoms with Gasteiger partial charge in [-0.05, 0) is 68.1 Å². The zero-order valence-corrected chi connectivity index (χ0v) is 20.1. The highest BCUT2D eigenvalue weighted by Crippen LogP contribution is 2.27. The SMILES string of the molecule is CCC(NC(=O)CN(c1ccccc1F)S(=O)(=O)c1ccc(C)cc1)c1ccc(C)c(C)c1.